The van der Waals surface area contributed by atoms with Gasteiger partial charge in [0.15, 0.2) is 0 Å². The van der Waals surface area contributed by atoms with Crippen LogP contribution in [0.4, 0.5) is 0 Å². The van der Waals surface area contributed by atoms with Crippen molar-refractivity contribution in [3.05, 3.63) is 42.5 Å². The lowest BCUT2D eigenvalue weighted by molar-refractivity contribution is 0.572. The van der Waals surface area contributed by atoms with Crippen LogP contribution in [0.25, 0.3) is 10.8 Å². The lowest BCUT2D eigenvalue weighted by Crippen LogP contribution is -1.96. The molecule has 0 radical (unpaired) electrons. The highest BCUT2D eigenvalue weighted by molar-refractivity contribution is 7.79. The number of hydrogen-bond acceptors (Lipinski definition) is 2. The molecule has 1 unspecified atom stereocenters. The van der Waals surface area contributed by atoms with Crippen LogP contribution in [0.5, 0.6) is 5.75 Å². The van der Waals surface area contributed by atoms with Gasteiger partial charge in [-0.05, 0) is 11.5 Å². The maximum Gasteiger partial charge on any atom is 0.203 e. The summed E-state index contributed by atoms with van der Waals surface area (Å²) >= 11 is -1.27. The summed E-state index contributed by atoms with van der Waals surface area (Å²) in [5, 5.41) is 2.08. The zero-order valence-electron chi connectivity index (χ0n) is 7.77. The second-order valence-electron chi connectivity index (χ2n) is 2.96. The second-order valence-corrected chi connectivity index (χ2v) is 3.93. The minimum atomic E-state index is -1.27. The predicted octanol–water partition coefficient (Wildman–Crippen LogP) is 2.51. The van der Waals surface area contributed by atoms with Crippen LogP contribution in [0.3, 0.4) is 0 Å². The first kappa shape index (κ1) is 9.21. The molecule has 2 aromatic carbocycles. The summed E-state index contributed by atoms with van der Waals surface area (Å²) in [7, 11) is 0. The minimum absolute atomic E-state index is 0.670. The van der Waals surface area contributed by atoms with E-state index in [4.69, 9.17) is 4.18 Å². The van der Waals surface area contributed by atoms with E-state index in [1.165, 1.54) is 6.26 Å². The molecule has 2 rings (SSSR count). The van der Waals surface area contributed by atoms with Crippen LogP contribution in [0.2, 0.25) is 0 Å². The van der Waals surface area contributed by atoms with Crippen LogP contribution in [-0.2, 0) is 11.1 Å². The predicted molar refractivity (Wildman–Crippen MR) is 58.6 cm³/mol. The van der Waals surface area contributed by atoms with Gasteiger partial charge in [0, 0.05) is 11.6 Å². The largest absolute Gasteiger partial charge is 0.400 e. The van der Waals surface area contributed by atoms with Crippen LogP contribution in [0.15, 0.2) is 42.5 Å². The summed E-state index contributed by atoms with van der Waals surface area (Å²) in [4.78, 5) is 0. The van der Waals surface area contributed by atoms with E-state index in [-0.39, 0.29) is 0 Å². The van der Waals surface area contributed by atoms with E-state index in [9.17, 15) is 4.21 Å². The Hall–Kier alpha value is -1.35. The van der Waals surface area contributed by atoms with Gasteiger partial charge >= 0.3 is 0 Å². The Morgan fingerprint density at radius 2 is 1.79 bits per heavy atom. The topological polar surface area (TPSA) is 26.3 Å². The molecule has 0 saturated carbocycles. The minimum Gasteiger partial charge on any atom is -0.400 e. The van der Waals surface area contributed by atoms with Crippen LogP contribution >= 0.6 is 0 Å². The smallest absolute Gasteiger partial charge is 0.203 e. The number of benzene rings is 2. The molecule has 0 aliphatic rings. The first-order chi connectivity index (χ1) is 6.77. The van der Waals surface area contributed by atoms with E-state index in [0.29, 0.717) is 5.75 Å². The average Bonchev–Trinajstić information content (AvgIpc) is 2.18. The molecule has 3 heteroatoms. The molecule has 0 fully saturated rings. The third kappa shape index (κ3) is 1.77. The first-order valence-corrected chi connectivity index (χ1v) is 5.75. The quantitative estimate of drug-likeness (QED) is 0.754. The maximum absolute atomic E-state index is 10.9. The Morgan fingerprint density at radius 1 is 1.07 bits per heavy atom. The van der Waals surface area contributed by atoms with E-state index in [0.717, 1.165) is 10.8 Å². The van der Waals surface area contributed by atoms with Crippen molar-refractivity contribution in [2.24, 2.45) is 0 Å². The van der Waals surface area contributed by atoms with Crippen molar-refractivity contribution in [3.63, 3.8) is 0 Å². The zero-order chi connectivity index (χ0) is 9.97. The van der Waals surface area contributed by atoms with Crippen molar-refractivity contribution in [1.29, 1.82) is 0 Å². The van der Waals surface area contributed by atoms with Crippen molar-refractivity contribution >= 4 is 21.9 Å². The molecule has 0 amide bonds. The van der Waals surface area contributed by atoms with Gasteiger partial charge in [-0.1, -0.05) is 36.4 Å². The van der Waals surface area contributed by atoms with Gasteiger partial charge in [0.05, 0.1) is 0 Å². The molecule has 0 aromatic heterocycles. The van der Waals surface area contributed by atoms with E-state index in [2.05, 4.69) is 0 Å². The lowest BCUT2D eigenvalue weighted by atomic mass is 10.1. The molecular weight excluding hydrogens is 196 g/mol. The molecule has 0 spiro atoms. The highest BCUT2D eigenvalue weighted by atomic mass is 32.2. The van der Waals surface area contributed by atoms with Crippen LogP contribution in [0.1, 0.15) is 0 Å². The third-order valence-electron chi connectivity index (χ3n) is 1.96. The summed E-state index contributed by atoms with van der Waals surface area (Å²) < 4.78 is 16.1. The highest BCUT2D eigenvalue weighted by Crippen LogP contribution is 2.25. The molecular formula is C11H10O2S. The van der Waals surface area contributed by atoms with Gasteiger partial charge < -0.3 is 4.18 Å². The van der Waals surface area contributed by atoms with Crippen molar-refractivity contribution in [2.75, 3.05) is 6.26 Å². The summed E-state index contributed by atoms with van der Waals surface area (Å²) in [6.07, 6.45) is 1.52. The Kier molecular flexibility index (Phi) is 2.50. The van der Waals surface area contributed by atoms with Gasteiger partial charge in [0.1, 0.15) is 5.75 Å². The first-order valence-electron chi connectivity index (χ1n) is 4.27. The molecule has 0 N–H and O–H groups in total. The summed E-state index contributed by atoms with van der Waals surface area (Å²) in [6, 6.07) is 13.6. The monoisotopic (exact) mass is 206 g/mol. The van der Waals surface area contributed by atoms with Gasteiger partial charge in [-0.15, -0.1) is 0 Å². The van der Waals surface area contributed by atoms with E-state index < -0.39 is 11.1 Å². The standard InChI is InChI=1S/C11H10O2S/c1-14(12)13-11-8-4-6-9-5-2-3-7-10(9)11/h2-8H,1H3. The molecule has 0 bridgehead atoms. The molecule has 2 aromatic rings. The molecule has 0 aliphatic carbocycles. The van der Waals surface area contributed by atoms with Gasteiger partial charge in [-0.2, -0.15) is 0 Å². The molecule has 1 atom stereocenters. The fourth-order valence-electron chi connectivity index (χ4n) is 1.39. The Balaban J connectivity index is 2.59. The zero-order valence-corrected chi connectivity index (χ0v) is 8.58. The number of rotatable bonds is 2. The fraction of sp³-hybridized carbons (Fsp3) is 0.0909. The van der Waals surface area contributed by atoms with Crippen molar-refractivity contribution in [1.82, 2.24) is 0 Å². The summed E-state index contributed by atoms with van der Waals surface area (Å²) in [5.74, 6) is 0.670. The normalized spacial score (nSPS) is 12.6. The Morgan fingerprint density at radius 3 is 2.57 bits per heavy atom. The third-order valence-corrected chi connectivity index (χ3v) is 2.37. The molecule has 0 saturated heterocycles. The Bertz CT molecular complexity index is 474. The Labute approximate surface area is 85.2 Å². The molecule has 14 heavy (non-hydrogen) atoms. The fourth-order valence-corrected chi connectivity index (χ4v) is 1.79. The van der Waals surface area contributed by atoms with Crippen molar-refractivity contribution in [2.45, 2.75) is 0 Å². The maximum atomic E-state index is 10.9. The number of fused-ring (bicyclic) bond motifs is 1. The molecule has 72 valence electrons. The number of hydrogen-bond donors (Lipinski definition) is 0. The highest BCUT2D eigenvalue weighted by Gasteiger charge is 2.01. The lowest BCUT2D eigenvalue weighted by Gasteiger charge is -2.04. The van der Waals surface area contributed by atoms with Gasteiger partial charge in [0.25, 0.3) is 0 Å². The van der Waals surface area contributed by atoms with Gasteiger partial charge in [-0.3, -0.25) is 0 Å². The average molecular weight is 206 g/mol. The van der Waals surface area contributed by atoms with Crippen molar-refractivity contribution in [3.8, 4) is 5.75 Å². The summed E-state index contributed by atoms with van der Waals surface area (Å²) in [5.41, 5.74) is 0. The van der Waals surface area contributed by atoms with Crippen molar-refractivity contribution < 1.29 is 8.39 Å². The van der Waals surface area contributed by atoms with Crippen LogP contribution < -0.4 is 4.18 Å². The van der Waals surface area contributed by atoms with E-state index in [1.807, 2.05) is 42.5 Å². The van der Waals surface area contributed by atoms with Gasteiger partial charge in [0.2, 0.25) is 11.1 Å². The van der Waals surface area contributed by atoms with Crippen LogP contribution in [0, 0.1) is 0 Å². The molecule has 2 nitrogen and oxygen atoms in total. The molecule has 0 heterocycles. The summed E-state index contributed by atoms with van der Waals surface area (Å²) in [6.45, 7) is 0. The van der Waals surface area contributed by atoms with E-state index >= 15 is 0 Å². The van der Waals surface area contributed by atoms with Crippen LogP contribution in [-0.4, -0.2) is 10.5 Å². The SMILES string of the molecule is CS(=O)Oc1cccc2ccccc12. The van der Waals surface area contributed by atoms with E-state index in [1.54, 1.807) is 0 Å². The van der Waals surface area contributed by atoms with Gasteiger partial charge in [-0.25, -0.2) is 4.21 Å². The molecule has 0 aliphatic heterocycles. The second kappa shape index (κ2) is 3.80.